The maximum Gasteiger partial charge on any atom is 0.216 e. The van der Waals surface area contributed by atoms with Gasteiger partial charge in [0.15, 0.2) is 5.78 Å². The summed E-state index contributed by atoms with van der Waals surface area (Å²) >= 11 is 0. The fourth-order valence-corrected chi connectivity index (χ4v) is 1.01. The van der Waals surface area contributed by atoms with E-state index >= 15 is 0 Å². The molecule has 0 heterocycles. The Morgan fingerprint density at radius 2 is 2.07 bits per heavy atom. The van der Waals surface area contributed by atoms with E-state index in [-0.39, 0.29) is 12.3 Å². The molecular formula is C11H12NO2. The quantitative estimate of drug-likeness (QED) is 0.703. The van der Waals surface area contributed by atoms with Gasteiger partial charge in [-0.2, -0.15) is 0 Å². The molecule has 3 heteroatoms. The van der Waals surface area contributed by atoms with Gasteiger partial charge in [0.05, 0.1) is 12.6 Å². The second kappa shape index (κ2) is 5.29. The summed E-state index contributed by atoms with van der Waals surface area (Å²) in [6.45, 7) is 1.83. The Morgan fingerprint density at radius 1 is 1.43 bits per heavy atom. The number of carbonyl (C=O) groups excluding carboxylic acids is 2. The van der Waals surface area contributed by atoms with Crippen LogP contribution in [0.5, 0.6) is 0 Å². The first-order valence-corrected chi connectivity index (χ1v) is 4.43. The molecule has 1 unspecified atom stereocenters. The number of hydrogen-bond acceptors (Lipinski definition) is 3. The predicted octanol–water partition coefficient (Wildman–Crippen LogP) is 0.957. The van der Waals surface area contributed by atoms with Gasteiger partial charge in [-0.05, 0) is 6.92 Å². The molecule has 14 heavy (non-hydrogen) atoms. The van der Waals surface area contributed by atoms with Crippen molar-refractivity contribution in [2.45, 2.75) is 13.0 Å². The summed E-state index contributed by atoms with van der Waals surface area (Å²) in [5.74, 6) is -0.0206. The molecule has 1 rings (SSSR count). The monoisotopic (exact) mass is 190 g/mol. The highest BCUT2D eigenvalue weighted by Crippen LogP contribution is 1.98. The number of carbonyl (C=O) groups is 1. The zero-order chi connectivity index (χ0) is 10.4. The number of nitrogens with one attached hydrogen (secondary N) is 1. The standard InChI is InChI=1S/C11H12NO2/c1-9(8-13)12-7-11(14)10-5-3-2-4-6-10/h2-6,9,12H,7H2,1H3. The average Bonchev–Trinajstić information content (AvgIpc) is 2.26. The lowest BCUT2D eigenvalue weighted by Gasteiger charge is -2.04. The largest absolute Gasteiger partial charge is 0.300 e. The van der Waals surface area contributed by atoms with Crippen LogP contribution in [-0.4, -0.2) is 24.7 Å². The van der Waals surface area contributed by atoms with Crippen LogP contribution >= 0.6 is 0 Å². The van der Waals surface area contributed by atoms with Crippen LogP contribution in [0.4, 0.5) is 0 Å². The Balaban J connectivity index is 2.47. The van der Waals surface area contributed by atoms with Gasteiger partial charge in [0.25, 0.3) is 0 Å². The highest BCUT2D eigenvalue weighted by molar-refractivity contribution is 5.97. The van der Waals surface area contributed by atoms with Gasteiger partial charge in [0, 0.05) is 5.56 Å². The second-order valence-electron chi connectivity index (χ2n) is 3.01. The van der Waals surface area contributed by atoms with Crippen molar-refractivity contribution in [3.05, 3.63) is 35.9 Å². The number of Topliss-reactive ketones (excluding diaryl/α,β-unsaturated/α-hetero) is 1. The van der Waals surface area contributed by atoms with Crippen LogP contribution in [0.2, 0.25) is 0 Å². The highest BCUT2D eigenvalue weighted by atomic mass is 16.1. The third-order valence-corrected chi connectivity index (χ3v) is 1.84. The molecule has 0 amide bonds. The van der Waals surface area contributed by atoms with Crippen molar-refractivity contribution >= 4 is 12.1 Å². The van der Waals surface area contributed by atoms with E-state index in [9.17, 15) is 9.59 Å². The van der Waals surface area contributed by atoms with E-state index in [1.54, 1.807) is 25.3 Å². The minimum atomic E-state index is -0.400. The number of rotatable bonds is 5. The molecule has 1 aromatic carbocycles. The molecule has 0 aromatic heterocycles. The lowest BCUT2D eigenvalue weighted by Crippen LogP contribution is -2.32. The zero-order valence-corrected chi connectivity index (χ0v) is 7.99. The first-order valence-electron chi connectivity index (χ1n) is 4.43. The topological polar surface area (TPSA) is 46.2 Å². The molecule has 73 valence electrons. The van der Waals surface area contributed by atoms with Gasteiger partial charge in [-0.1, -0.05) is 30.3 Å². The van der Waals surface area contributed by atoms with E-state index in [4.69, 9.17) is 0 Å². The second-order valence-corrected chi connectivity index (χ2v) is 3.01. The van der Waals surface area contributed by atoms with E-state index < -0.39 is 6.04 Å². The summed E-state index contributed by atoms with van der Waals surface area (Å²) in [4.78, 5) is 21.6. The summed E-state index contributed by atoms with van der Waals surface area (Å²) in [5, 5.41) is 2.76. The van der Waals surface area contributed by atoms with Gasteiger partial charge in [-0.25, -0.2) is 0 Å². The molecule has 0 aliphatic carbocycles. The van der Waals surface area contributed by atoms with Gasteiger partial charge < -0.3 is 5.32 Å². The van der Waals surface area contributed by atoms with Crippen LogP contribution in [0.15, 0.2) is 30.3 Å². The molecule has 0 saturated carbocycles. The third kappa shape index (κ3) is 3.11. The van der Waals surface area contributed by atoms with Gasteiger partial charge in [0.2, 0.25) is 6.29 Å². The van der Waals surface area contributed by atoms with Crippen molar-refractivity contribution < 1.29 is 9.59 Å². The summed E-state index contributed by atoms with van der Waals surface area (Å²) in [6.07, 6.45) is 1.76. The third-order valence-electron chi connectivity index (χ3n) is 1.84. The van der Waals surface area contributed by atoms with Crippen molar-refractivity contribution in [3.63, 3.8) is 0 Å². The first-order chi connectivity index (χ1) is 6.74. The molecule has 0 spiro atoms. The van der Waals surface area contributed by atoms with E-state index in [2.05, 4.69) is 5.32 Å². The number of benzene rings is 1. The van der Waals surface area contributed by atoms with Gasteiger partial charge in [-0.15, -0.1) is 0 Å². The van der Waals surface area contributed by atoms with Gasteiger partial charge >= 0.3 is 0 Å². The average molecular weight is 190 g/mol. The minimum Gasteiger partial charge on any atom is -0.300 e. The van der Waals surface area contributed by atoms with E-state index in [0.717, 1.165) is 0 Å². The smallest absolute Gasteiger partial charge is 0.216 e. The Hall–Kier alpha value is -1.48. The molecule has 0 saturated heterocycles. The molecule has 0 bridgehead atoms. The fraction of sp³-hybridized carbons (Fsp3) is 0.273. The summed E-state index contributed by atoms with van der Waals surface area (Å²) < 4.78 is 0. The zero-order valence-electron chi connectivity index (χ0n) is 7.99. The van der Waals surface area contributed by atoms with E-state index in [0.29, 0.717) is 5.56 Å². The normalized spacial score (nSPS) is 12.1. The number of hydrogen-bond donors (Lipinski definition) is 1. The maximum atomic E-state index is 11.5. The Kier molecular flexibility index (Phi) is 4.01. The van der Waals surface area contributed by atoms with Crippen LogP contribution < -0.4 is 5.32 Å². The van der Waals surface area contributed by atoms with Crippen LogP contribution in [0, 0.1) is 0 Å². The van der Waals surface area contributed by atoms with Crippen molar-refractivity contribution in [1.29, 1.82) is 0 Å². The summed E-state index contributed by atoms with van der Waals surface area (Å²) in [6, 6.07) is 8.57. The van der Waals surface area contributed by atoms with Crippen molar-refractivity contribution in [2.75, 3.05) is 6.54 Å². The van der Waals surface area contributed by atoms with Gasteiger partial charge in [0.1, 0.15) is 0 Å². The van der Waals surface area contributed by atoms with E-state index in [1.807, 2.05) is 18.2 Å². The number of ketones is 1. The van der Waals surface area contributed by atoms with Crippen LogP contribution in [0.25, 0.3) is 0 Å². The first kappa shape index (κ1) is 10.6. The molecule has 0 aliphatic rings. The fourth-order valence-electron chi connectivity index (χ4n) is 1.01. The molecule has 1 atom stereocenters. The molecule has 1 aromatic rings. The predicted molar refractivity (Wildman–Crippen MR) is 53.9 cm³/mol. The molecule has 1 N–H and O–H groups in total. The van der Waals surface area contributed by atoms with Crippen molar-refractivity contribution in [2.24, 2.45) is 0 Å². The molecule has 0 fully saturated rings. The molecule has 1 radical (unpaired) electrons. The van der Waals surface area contributed by atoms with Crippen molar-refractivity contribution in [1.82, 2.24) is 5.32 Å². The van der Waals surface area contributed by atoms with Gasteiger partial charge in [-0.3, -0.25) is 9.59 Å². The lowest BCUT2D eigenvalue weighted by atomic mass is 10.1. The van der Waals surface area contributed by atoms with E-state index in [1.165, 1.54) is 0 Å². The lowest BCUT2D eigenvalue weighted by molar-refractivity contribution is 0.0990. The maximum absolute atomic E-state index is 11.5. The molecule has 0 aliphatic heterocycles. The molecule has 3 nitrogen and oxygen atoms in total. The highest BCUT2D eigenvalue weighted by Gasteiger charge is 2.06. The summed E-state index contributed by atoms with van der Waals surface area (Å²) in [7, 11) is 0. The minimum absolute atomic E-state index is 0.0206. The molecular weight excluding hydrogens is 178 g/mol. The van der Waals surface area contributed by atoms with Crippen molar-refractivity contribution in [3.8, 4) is 0 Å². The Bertz CT molecular complexity index is 308. The Labute approximate surface area is 83.1 Å². The Morgan fingerprint density at radius 3 is 2.64 bits per heavy atom. The summed E-state index contributed by atoms with van der Waals surface area (Å²) in [5.41, 5.74) is 0.651. The van der Waals surface area contributed by atoms with Crippen LogP contribution in [0.1, 0.15) is 17.3 Å². The van der Waals surface area contributed by atoms with Crippen LogP contribution in [0.3, 0.4) is 0 Å². The van der Waals surface area contributed by atoms with Crippen LogP contribution in [-0.2, 0) is 4.79 Å². The SMILES string of the molecule is CC([C]=O)NCC(=O)c1ccccc1.